The minimum atomic E-state index is 0.255. The summed E-state index contributed by atoms with van der Waals surface area (Å²) in [5, 5.41) is 0. The van der Waals surface area contributed by atoms with Crippen molar-refractivity contribution in [3.05, 3.63) is 23.3 Å². The first-order valence-corrected chi connectivity index (χ1v) is 6.68. The number of ketones is 1. The summed E-state index contributed by atoms with van der Waals surface area (Å²) >= 11 is 0. The fraction of sp³-hybridized carbons (Fsp3) is 0.600. The second kappa shape index (κ2) is 5.95. The average molecular weight is 232 g/mol. The Labute approximate surface area is 103 Å². The third-order valence-electron chi connectivity index (χ3n) is 3.79. The molecule has 0 saturated heterocycles. The van der Waals surface area contributed by atoms with Crippen LogP contribution < -0.4 is 0 Å². The summed E-state index contributed by atoms with van der Waals surface area (Å²) in [6.45, 7) is 0. The molecule has 2 nitrogen and oxygen atoms in total. The van der Waals surface area contributed by atoms with E-state index in [1.807, 2.05) is 6.08 Å². The van der Waals surface area contributed by atoms with Crippen molar-refractivity contribution in [2.75, 3.05) is 0 Å². The second-order valence-corrected chi connectivity index (χ2v) is 5.04. The summed E-state index contributed by atoms with van der Waals surface area (Å²) in [5.74, 6) is 0.889. The van der Waals surface area contributed by atoms with Crippen LogP contribution in [0.3, 0.4) is 0 Å². The summed E-state index contributed by atoms with van der Waals surface area (Å²) in [6.07, 6.45) is 13.1. The summed E-state index contributed by atoms with van der Waals surface area (Å²) in [5.41, 5.74) is 2.72. The maximum atomic E-state index is 11.4. The fourth-order valence-corrected chi connectivity index (χ4v) is 2.94. The highest BCUT2D eigenvalue weighted by Crippen LogP contribution is 2.38. The van der Waals surface area contributed by atoms with Crippen LogP contribution >= 0.6 is 0 Å². The number of rotatable bonds is 5. The molecule has 1 atom stereocenters. The molecule has 0 aromatic carbocycles. The van der Waals surface area contributed by atoms with Crippen LogP contribution in [0.25, 0.3) is 0 Å². The van der Waals surface area contributed by atoms with Crippen molar-refractivity contribution >= 4 is 12.1 Å². The third kappa shape index (κ3) is 3.15. The van der Waals surface area contributed by atoms with Crippen LogP contribution in [-0.4, -0.2) is 12.1 Å². The third-order valence-corrected chi connectivity index (χ3v) is 3.79. The molecule has 0 radical (unpaired) electrons. The fourth-order valence-electron chi connectivity index (χ4n) is 2.94. The molecule has 0 aromatic rings. The molecule has 0 amide bonds. The Hall–Kier alpha value is -1.18. The maximum Gasteiger partial charge on any atom is 0.159 e. The van der Waals surface area contributed by atoms with Gasteiger partial charge in [0.05, 0.1) is 0 Å². The van der Waals surface area contributed by atoms with Crippen molar-refractivity contribution in [1.29, 1.82) is 0 Å². The van der Waals surface area contributed by atoms with Crippen LogP contribution in [0.1, 0.15) is 51.4 Å². The van der Waals surface area contributed by atoms with Crippen LogP contribution in [-0.2, 0) is 9.59 Å². The van der Waals surface area contributed by atoms with E-state index < -0.39 is 0 Å². The molecular weight excluding hydrogens is 212 g/mol. The highest BCUT2D eigenvalue weighted by atomic mass is 16.1. The summed E-state index contributed by atoms with van der Waals surface area (Å²) < 4.78 is 0. The zero-order chi connectivity index (χ0) is 12.1. The molecule has 92 valence electrons. The Morgan fingerprint density at radius 3 is 3.06 bits per heavy atom. The Morgan fingerprint density at radius 1 is 1.35 bits per heavy atom. The minimum absolute atomic E-state index is 0.255. The van der Waals surface area contributed by atoms with E-state index in [2.05, 4.69) is 6.08 Å². The van der Waals surface area contributed by atoms with E-state index in [1.54, 1.807) is 0 Å². The molecule has 0 heterocycles. The first-order chi connectivity index (χ1) is 8.31. The molecule has 2 heteroatoms. The van der Waals surface area contributed by atoms with Gasteiger partial charge in [-0.15, -0.1) is 0 Å². The molecule has 1 saturated carbocycles. The normalized spacial score (nSPS) is 23.8. The molecule has 1 unspecified atom stereocenters. The Morgan fingerprint density at radius 2 is 2.24 bits per heavy atom. The standard InChI is InChI=1S/C15H20O2/c16-10-3-1-2-5-12-6-4-7-13-11-14(17)8-9-15(12)13/h9-12H,1-8H2. The number of fused-ring (bicyclic) bond motifs is 1. The lowest BCUT2D eigenvalue weighted by Gasteiger charge is -2.29. The van der Waals surface area contributed by atoms with Crippen LogP contribution in [0.4, 0.5) is 0 Å². The second-order valence-electron chi connectivity index (χ2n) is 5.04. The molecule has 2 rings (SSSR count). The van der Waals surface area contributed by atoms with Gasteiger partial charge < -0.3 is 4.79 Å². The summed E-state index contributed by atoms with van der Waals surface area (Å²) in [4.78, 5) is 21.6. The van der Waals surface area contributed by atoms with E-state index >= 15 is 0 Å². The van der Waals surface area contributed by atoms with Gasteiger partial charge in [0.15, 0.2) is 5.78 Å². The molecule has 2 aliphatic rings. The van der Waals surface area contributed by atoms with Gasteiger partial charge in [0, 0.05) is 12.8 Å². The van der Waals surface area contributed by atoms with E-state index in [1.165, 1.54) is 30.4 Å². The van der Waals surface area contributed by atoms with Crippen molar-refractivity contribution in [3.8, 4) is 0 Å². The van der Waals surface area contributed by atoms with E-state index in [4.69, 9.17) is 0 Å². The highest BCUT2D eigenvalue weighted by Gasteiger charge is 2.24. The molecule has 0 N–H and O–H groups in total. The van der Waals surface area contributed by atoms with Crippen molar-refractivity contribution < 1.29 is 9.59 Å². The molecule has 17 heavy (non-hydrogen) atoms. The Bertz CT molecular complexity index is 363. The van der Waals surface area contributed by atoms with Gasteiger partial charge in [-0.3, -0.25) is 4.79 Å². The minimum Gasteiger partial charge on any atom is -0.303 e. The number of allylic oxidation sites excluding steroid dienone is 4. The highest BCUT2D eigenvalue weighted by molar-refractivity contribution is 5.93. The lowest BCUT2D eigenvalue weighted by molar-refractivity contribution is -0.114. The SMILES string of the molecule is O=CCCCCC1CCCC2=CC(=O)CC=C21. The first kappa shape index (κ1) is 12.3. The van der Waals surface area contributed by atoms with Gasteiger partial charge in [-0.25, -0.2) is 0 Å². The first-order valence-electron chi connectivity index (χ1n) is 6.68. The number of carbonyl (C=O) groups excluding carboxylic acids is 2. The molecular formula is C15H20O2. The maximum absolute atomic E-state index is 11.4. The summed E-state index contributed by atoms with van der Waals surface area (Å²) in [7, 11) is 0. The van der Waals surface area contributed by atoms with Crippen LogP contribution in [0, 0.1) is 5.92 Å². The van der Waals surface area contributed by atoms with E-state index in [9.17, 15) is 9.59 Å². The number of aldehydes is 1. The quantitative estimate of drug-likeness (QED) is 0.538. The predicted octanol–water partition coefficient (Wildman–Crippen LogP) is 3.37. The van der Waals surface area contributed by atoms with E-state index in [0.717, 1.165) is 25.5 Å². The molecule has 0 aliphatic heterocycles. The largest absolute Gasteiger partial charge is 0.303 e. The van der Waals surface area contributed by atoms with Gasteiger partial charge in [-0.1, -0.05) is 12.5 Å². The van der Waals surface area contributed by atoms with Gasteiger partial charge in [0.1, 0.15) is 6.29 Å². The lowest BCUT2D eigenvalue weighted by atomic mass is 9.75. The summed E-state index contributed by atoms with van der Waals surface area (Å²) in [6, 6.07) is 0. The number of hydrogen-bond acceptors (Lipinski definition) is 2. The van der Waals surface area contributed by atoms with Crippen molar-refractivity contribution in [3.63, 3.8) is 0 Å². The van der Waals surface area contributed by atoms with Crippen molar-refractivity contribution in [2.24, 2.45) is 5.92 Å². The van der Waals surface area contributed by atoms with Gasteiger partial charge in [-0.05, 0) is 55.2 Å². The van der Waals surface area contributed by atoms with Gasteiger partial charge in [0.2, 0.25) is 0 Å². The molecule has 0 spiro atoms. The number of hydrogen-bond donors (Lipinski definition) is 0. The Balaban J connectivity index is 1.92. The molecule has 1 fully saturated rings. The predicted molar refractivity (Wildman–Crippen MR) is 67.7 cm³/mol. The smallest absolute Gasteiger partial charge is 0.159 e. The van der Waals surface area contributed by atoms with Gasteiger partial charge >= 0.3 is 0 Å². The zero-order valence-corrected chi connectivity index (χ0v) is 10.3. The zero-order valence-electron chi connectivity index (χ0n) is 10.3. The topological polar surface area (TPSA) is 34.1 Å². The number of unbranched alkanes of at least 4 members (excludes halogenated alkanes) is 2. The average Bonchev–Trinajstić information content (AvgIpc) is 2.34. The van der Waals surface area contributed by atoms with Gasteiger partial charge in [-0.2, -0.15) is 0 Å². The van der Waals surface area contributed by atoms with E-state index in [-0.39, 0.29) is 5.78 Å². The van der Waals surface area contributed by atoms with Crippen LogP contribution in [0.15, 0.2) is 23.3 Å². The van der Waals surface area contributed by atoms with Crippen LogP contribution in [0.2, 0.25) is 0 Å². The molecule has 2 aliphatic carbocycles. The van der Waals surface area contributed by atoms with Crippen LogP contribution in [0.5, 0.6) is 0 Å². The lowest BCUT2D eigenvalue weighted by Crippen LogP contribution is -2.16. The van der Waals surface area contributed by atoms with E-state index in [0.29, 0.717) is 18.8 Å². The Kier molecular flexibility index (Phi) is 4.29. The van der Waals surface area contributed by atoms with Crippen molar-refractivity contribution in [2.45, 2.75) is 51.4 Å². The number of carbonyl (C=O) groups is 2. The van der Waals surface area contributed by atoms with Gasteiger partial charge in [0.25, 0.3) is 0 Å². The molecule has 0 aromatic heterocycles. The monoisotopic (exact) mass is 232 g/mol. The van der Waals surface area contributed by atoms with Crippen molar-refractivity contribution in [1.82, 2.24) is 0 Å². The molecule has 0 bridgehead atoms.